The van der Waals surface area contributed by atoms with Gasteiger partial charge in [0, 0.05) is 10.0 Å². The smallest absolute Gasteiger partial charge is 0.344 e. The lowest BCUT2D eigenvalue weighted by atomic mass is 10.2. The summed E-state index contributed by atoms with van der Waals surface area (Å²) in [7, 11) is 0. The third kappa shape index (κ3) is 5.23. The topological polar surface area (TPSA) is 96.9 Å². The maximum atomic E-state index is 10.8. The second-order valence-corrected chi connectivity index (χ2v) is 4.87. The summed E-state index contributed by atoms with van der Waals surface area (Å²) in [6.07, 6.45) is 0.477. The second-order valence-electron chi connectivity index (χ2n) is 3.51. The lowest BCUT2D eigenvalue weighted by molar-refractivity contribution is -0.144. The zero-order valence-electron chi connectivity index (χ0n) is 9.96. The molecule has 1 atom stereocenters. The average Bonchev–Trinajstić information content (AvgIpc) is 2.31. The minimum absolute atomic E-state index is 0.0348. The molecule has 0 saturated carbocycles. The number of carboxylic acid groups (broad SMARTS) is 1. The Balaban J connectivity index is 2.94. The van der Waals surface area contributed by atoms with E-state index >= 15 is 0 Å². The Morgan fingerprint density at radius 1 is 1.68 bits per heavy atom. The first-order valence-electron chi connectivity index (χ1n) is 5.17. The van der Waals surface area contributed by atoms with Gasteiger partial charge in [-0.05, 0) is 37.3 Å². The highest BCUT2D eigenvalue weighted by atomic mass is 79.9. The summed E-state index contributed by atoms with van der Waals surface area (Å²) in [5, 5.41) is 12.7. The largest absolute Gasteiger partial charge is 0.479 e. The number of carbonyl (C=O) groups is 1. The van der Waals surface area contributed by atoms with Crippen molar-refractivity contribution < 1.29 is 14.6 Å². The van der Waals surface area contributed by atoms with Gasteiger partial charge in [-0.25, -0.2) is 4.79 Å². The normalized spacial score (nSPS) is 12.1. The molecule has 0 fully saturated rings. The minimum atomic E-state index is -1.05. The van der Waals surface area contributed by atoms with E-state index in [1.165, 1.54) is 13.1 Å². The summed E-state index contributed by atoms with van der Waals surface area (Å²) in [4.78, 5) is 10.8. The Bertz CT molecular complexity index is 522. The first-order chi connectivity index (χ1) is 8.90. The number of halogens is 1. The lowest BCUT2D eigenvalue weighted by Crippen LogP contribution is -2.24. The van der Waals surface area contributed by atoms with Gasteiger partial charge in [0.25, 0.3) is 0 Å². The molecule has 1 rings (SSSR count). The van der Waals surface area contributed by atoms with Crippen LogP contribution in [0.5, 0.6) is 5.75 Å². The molecular formula is C11H12BrN3O3S. The molecule has 0 radical (unpaired) electrons. The van der Waals surface area contributed by atoms with E-state index in [0.29, 0.717) is 11.3 Å². The van der Waals surface area contributed by atoms with E-state index in [4.69, 9.17) is 15.6 Å². The van der Waals surface area contributed by atoms with Crippen molar-refractivity contribution in [2.45, 2.75) is 13.0 Å². The van der Waals surface area contributed by atoms with Crippen LogP contribution in [0.2, 0.25) is 0 Å². The number of nitrogens with two attached hydrogens (primary N) is 1. The zero-order chi connectivity index (χ0) is 14.4. The van der Waals surface area contributed by atoms with Crippen LogP contribution in [0, 0.1) is 0 Å². The minimum Gasteiger partial charge on any atom is -0.479 e. The summed E-state index contributed by atoms with van der Waals surface area (Å²) >= 11 is 7.92. The van der Waals surface area contributed by atoms with Gasteiger partial charge in [-0.2, -0.15) is 5.10 Å². The predicted molar refractivity (Wildman–Crippen MR) is 79.4 cm³/mol. The fraction of sp³-hybridized carbons (Fsp3) is 0.182. The van der Waals surface area contributed by atoms with Gasteiger partial charge in [-0.1, -0.05) is 15.9 Å². The summed E-state index contributed by atoms with van der Waals surface area (Å²) in [6, 6.07) is 5.11. The molecule has 0 saturated heterocycles. The molecule has 102 valence electrons. The molecule has 0 heterocycles. The van der Waals surface area contributed by atoms with Crippen molar-refractivity contribution in [3.8, 4) is 5.75 Å². The molecule has 6 nitrogen and oxygen atoms in total. The third-order valence-electron chi connectivity index (χ3n) is 2.00. The number of nitrogens with zero attached hydrogens (tertiary/aromatic N) is 1. The Labute approximate surface area is 123 Å². The van der Waals surface area contributed by atoms with Crippen molar-refractivity contribution in [3.05, 3.63) is 28.2 Å². The Hall–Kier alpha value is -1.67. The van der Waals surface area contributed by atoms with Crippen LogP contribution < -0.4 is 15.9 Å². The maximum absolute atomic E-state index is 10.8. The molecule has 0 bridgehead atoms. The van der Waals surface area contributed by atoms with Crippen LogP contribution in [-0.4, -0.2) is 28.5 Å². The molecule has 4 N–H and O–H groups in total. The Morgan fingerprint density at radius 2 is 2.37 bits per heavy atom. The van der Waals surface area contributed by atoms with Crippen LogP contribution in [0.1, 0.15) is 12.5 Å². The van der Waals surface area contributed by atoms with E-state index in [9.17, 15) is 4.79 Å². The number of benzene rings is 1. The molecule has 1 aromatic rings. The standard InChI is InChI=1S/C11H12BrN3O3S/c1-6(10(16)17)18-9-3-2-8(12)4-7(9)5-14-15-11(13)19/h2-6H,1H3,(H,16,17)(H3,13,15,19). The number of aliphatic carboxylic acids is 1. The van der Waals surface area contributed by atoms with Crippen molar-refractivity contribution in [3.63, 3.8) is 0 Å². The van der Waals surface area contributed by atoms with E-state index in [1.807, 2.05) is 0 Å². The van der Waals surface area contributed by atoms with Crippen LogP contribution in [0.15, 0.2) is 27.8 Å². The molecule has 0 aliphatic rings. The van der Waals surface area contributed by atoms with Gasteiger partial charge in [0.15, 0.2) is 11.2 Å². The van der Waals surface area contributed by atoms with Gasteiger partial charge < -0.3 is 15.6 Å². The van der Waals surface area contributed by atoms with E-state index < -0.39 is 12.1 Å². The molecule has 0 spiro atoms. The Morgan fingerprint density at radius 3 is 2.95 bits per heavy atom. The van der Waals surface area contributed by atoms with Gasteiger partial charge in [-0.15, -0.1) is 0 Å². The van der Waals surface area contributed by atoms with Crippen molar-refractivity contribution in [2.75, 3.05) is 0 Å². The van der Waals surface area contributed by atoms with Gasteiger partial charge in [0.1, 0.15) is 5.75 Å². The van der Waals surface area contributed by atoms with Crippen LogP contribution in [0.4, 0.5) is 0 Å². The molecule has 19 heavy (non-hydrogen) atoms. The predicted octanol–water partition coefficient (Wildman–Crippen LogP) is 1.47. The highest BCUT2D eigenvalue weighted by Gasteiger charge is 2.14. The summed E-state index contributed by atoms with van der Waals surface area (Å²) in [5.41, 5.74) is 8.23. The number of rotatable bonds is 5. The van der Waals surface area contributed by atoms with Crippen molar-refractivity contribution >= 4 is 45.4 Å². The van der Waals surface area contributed by atoms with E-state index in [2.05, 4.69) is 38.7 Å². The fourth-order valence-corrected chi connectivity index (χ4v) is 1.57. The molecule has 1 aromatic carbocycles. The van der Waals surface area contributed by atoms with Crippen LogP contribution >= 0.6 is 28.1 Å². The number of nitrogens with one attached hydrogen (secondary N) is 1. The van der Waals surface area contributed by atoms with E-state index in [1.54, 1.807) is 18.2 Å². The number of carboxylic acids is 1. The number of ether oxygens (including phenoxy) is 1. The SMILES string of the molecule is CC(Oc1ccc(Br)cc1C=NNC(N)=S)C(=O)O. The van der Waals surface area contributed by atoms with Crippen molar-refractivity contribution in [1.82, 2.24) is 5.43 Å². The first-order valence-corrected chi connectivity index (χ1v) is 6.38. The molecule has 0 aliphatic heterocycles. The molecule has 0 aromatic heterocycles. The van der Waals surface area contributed by atoms with E-state index in [0.717, 1.165) is 4.47 Å². The fourth-order valence-electron chi connectivity index (χ4n) is 1.13. The first kappa shape index (κ1) is 15.4. The number of thiocarbonyl (C=S) groups is 1. The maximum Gasteiger partial charge on any atom is 0.344 e. The quantitative estimate of drug-likeness (QED) is 0.424. The highest BCUT2D eigenvalue weighted by molar-refractivity contribution is 9.10. The molecule has 0 aliphatic carbocycles. The monoisotopic (exact) mass is 345 g/mol. The Kier molecular flexibility index (Phi) is 5.71. The molecule has 1 unspecified atom stereocenters. The van der Waals surface area contributed by atoms with Crippen molar-refractivity contribution in [1.29, 1.82) is 0 Å². The van der Waals surface area contributed by atoms with Gasteiger partial charge in [-0.3, -0.25) is 5.43 Å². The third-order valence-corrected chi connectivity index (χ3v) is 2.59. The van der Waals surface area contributed by atoms with Gasteiger partial charge in [0.05, 0.1) is 6.21 Å². The van der Waals surface area contributed by atoms with Gasteiger partial charge >= 0.3 is 5.97 Å². The summed E-state index contributed by atoms with van der Waals surface area (Å²) in [5.74, 6) is -0.654. The second kappa shape index (κ2) is 7.05. The zero-order valence-corrected chi connectivity index (χ0v) is 12.4. The number of hydrogen-bond donors (Lipinski definition) is 3. The molecule has 0 amide bonds. The number of hydrazone groups is 1. The number of hydrogen-bond acceptors (Lipinski definition) is 4. The molecular weight excluding hydrogens is 334 g/mol. The average molecular weight is 346 g/mol. The highest BCUT2D eigenvalue weighted by Crippen LogP contribution is 2.22. The van der Waals surface area contributed by atoms with Crippen LogP contribution in [-0.2, 0) is 4.79 Å². The van der Waals surface area contributed by atoms with Crippen LogP contribution in [0.3, 0.4) is 0 Å². The van der Waals surface area contributed by atoms with Crippen molar-refractivity contribution in [2.24, 2.45) is 10.8 Å². The van der Waals surface area contributed by atoms with Crippen LogP contribution in [0.25, 0.3) is 0 Å². The van der Waals surface area contributed by atoms with Gasteiger partial charge in [0.2, 0.25) is 0 Å². The lowest BCUT2D eigenvalue weighted by Gasteiger charge is -2.12. The summed E-state index contributed by atoms with van der Waals surface area (Å²) < 4.78 is 6.12. The summed E-state index contributed by atoms with van der Waals surface area (Å²) in [6.45, 7) is 1.44. The van der Waals surface area contributed by atoms with E-state index in [-0.39, 0.29) is 5.11 Å². The molecule has 8 heteroatoms.